The summed E-state index contributed by atoms with van der Waals surface area (Å²) >= 11 is 0. The number of aromatic nitrogens is 1. The molecule has 0 aliphatic rings. The van der Waals surface area contributed by atoms with Crippen molar-refractivity contribution in [1.29, 1.82) is 0 Å². The van der Waals surface area contributed by atoms with Gasteiger partial charge in [0.15, 0.2) is 17.6 Å². The van der Waals surface area contributed by atoms with Gasteiger partial charge in [0, 0.05) is 16.5 Å². The van der Waals surface area contributed by atoms with Crippen LogP contribution in [-0.4, -0.2) is 43.0 Å². The zero-order chi connectivity index (χ0) is 23.2. The van der Waals surface area contributed by atoms with Crippen LogP contribution < -0.4 is 0 Å². The van der Waals surface area contributed by atoms with E-state index in [2.05, 4.69) is 19.7 Å². The molecule has 0 radical (unpaired) electrons. The lowest BCUT2D eigenvalue weighted by Crippen LogP contribution is -2.06. The number of furan rings is 2. The van der Waals surface area contributed by atoms with Gasteiger partial charge < -0.3 is 23.3 Å². The van der Waals surface area contributed by atoms with Gasteiger partial charge in [0.1, 0.15) is 12.2 Å². The molecule has 0 amide bonds. The lowest BCUT2D eigenvalue weighted by Gasteiger charge is -1.96. The molecule has 3 rings (SSSR count). The minimum absolute atomic E-state index is 0.218. The van der Waals surface area contributed by atoms with Gasteiger partial charge >= 0.3 is 11.9 Å². The third kappa shape index (κ3) is 8.50. The first kappa shape index (κ1) is 25.1. The Hall–Kier alpha value is -3.98. The fourth-order valence-electron chi connectivity index (χ4n) is 2.16. The quantitative estimate of drug-likeness (QED) is 0.197. The van der Waals surface area contributed by atoms with E-state index in [9.17, 15) is 14.4 Å². The van der Waals surface area contributed by atoms with Crippen molar-refractivity contribution in [3.63, 3.8) is 0 Å². The zero-order valence-electron chi connectivity index (χ0n) is 17.7. The Balaban J connectivity index is 0.000000247. The average molecular weight is 432 g/mol. The molecule has 0 saturated heterocycles. The number of hydrogen-bond donors (Lipinski definition) is 1. The molecule has 3 aromatic heterocycles. The number of nitrogens with one attached hydrogen (secondary N) is 1. The van der Waals surface area contributed by atoms with Crippen LogP contribution in [0.1, 0.15) is 46.0 Å². The number of carbonyl (C=O) groups excluding carboxylic acids is 3. The molecule has 31 heavy (non-hydrogen) atoms. The third-order valence-electron chi connectivity index (χ3n) is 3.47. The summed E-state index contributed by atoms with van der Waals surface area (Å²) in [4.78, 5) is 36.9. The molecular weight excluding hydrogens is 408 g/mol. The van der Waals surface area contributed by atoms with Crippen molar-refractivity contribution in [3.8, 4) is 0 Å². The molecule has 0 aromatic carbocycles. The van der Waals surface area contributed by atoms with Crippen molar-refractivity contribution < 1.29 is 32.7 Å². The number of carbonyl (C=O) groups is 3. The summed E-state index contributed by atoms with van der Waals surface area (Å²) in [5.74, 6) is -0.448. The Bertz CT molecular complexity index is 1040. The minimum atomic E-state index is -0.490. The van der Waals surface area contributed by atoms with E-state index in [1.807, 2.05) is 13.8 Å². The van der Waals surface area contributed by atoms with Crippen LogP contribution >= 0.6 is 0 Å². The van der Waals surface area contributed by atoms with Crippen molar-refractivity contribution in [1.82, 2.24) is 4.98 Å². The van der Waals surface area contributed by atoms with Crippen molar-refractivity contribution in [2.75, 3.05) is 19.8 Å². The number of aryl methyl sites for hydroxylation is 2. The van der Waals surface area contributed by atoms with Crippen LogP contribution in [0, 0.1) is 13.8 Å². The molecule has 0 aliphatic carbocycles. The van der Waals surface area contributed by atoms with Gasteiger partial charge in [-0.3, -0.25) is 9.59 Å². The zero-order valence-corrected chi connectivity index (χ0v) is 17.7. The highest BCUT2D eigenvalue weighted by molar-refractivity contribution is 5.93. The maximum absolute atomic E-state index is 11.3. The van der Waals surface area contributed by atoms with Crippen molar-refractivity contribution >= 4 is 29.3 Å². The number of hydrogen-bond acceptors (Lipinski definition) is 8. The van der Waals surface area contributed by atoms with Crippen LogP contribution in [0.3, 0.4) is 0 Å². The summed E-state index contributed by atoms with van der Waals surface area (Å²) in [7, 11) is 0. The number of ether oxygens (including phenoxy) is 2. The number of aldehydes is 1. The number of rotatable bonds is 6. The Labute approximate surface area is 177 Å². The summed E-state index contributed by atoms with van der Waals surface area (Å²) in [5, 5.41) is 3.00. The maximum Gasteiger partial charge on any atom is 0.354 e. The van der Waals surface area contributed by atoms with Crippen molar-refractivity contribution in [2.45, 2.75) is 27.7 Å². The molecule has 0 spiro atoms. The van der Waals surface area contributed by atoms with Gasteiger partial charge in [-0.15, -0.1) is 0 Å². The van der Waals surface area contributed by atoms with Gasteiger partial charge in [-0.1, -0.05) is 5.11 Å². The number of H-pyrrole nitrogens is 1. The molecule has 11 nitrogen and oxygen atoms in total. The van der Waals surface area contributed by atoms with Crippen LogP contribution in [0.25, 0.3) is 21.5 Å². The van der Waals surface area contributed by atoms with Crippen molar-refractivity contribution in [2.24, 2.45) is 5.11 Å². The number of esters is 2. The average Bonchev–Trinajstić information content (AvgIpc) is 3.45. The molecular formula is C20H24N4O7. The van der Waals surface area contributed by atoms with E-state index in [1.54, 1.807) is 38.5 Å². The molecule has 0 bridgehead atoms. The van der Waals surface area contributed by atoms with Gasteiger partial charge in [-0.2, -0.15) is 0 Å². The molecule has 3 aromatic rings. The molecule has 0 aliphatic heterocycles. The fourth-order valence-corrected chi connectivity index (χ4v) is 2.16. The van der Waals surface area contributed by atoms with Crippen LogP contribution in [-0.2, 0) is 14.3 Å². The van der Waals surface area contributed by atoms with E-state index in [0.29, 0.717) is 36.5 Å². The second kappa shape index (κ2) is 13.3. The summed E-state index contributed by atoms with van der Waals surface area (Å²) in [5.41, 5.74) is 11.7. The molecule has 0 unspecified atom stereocenters. The number of aromatic amines is 1. The first-order valence-electron chi connectivity index (χ1n) is 9.26. The first-order valence-corrected chi connectivity index (χ1v) is 9.26. The van der Waals surface area contributed by atoms with Gasteiger partial charge in [0.05, 0.1) is 31.3 Å². The molecule has 0 atom stereocenters. The predicted molar refractivity (Wildman–Crippen MR) is 111 cm³/mol. The highest BCUT2D eigenvalue weighted by Gasteiger charge is 2.13. The SMILES string of the molecule is CCOC(=O)CN=[N+]=[N-].CCOC(=O)c1cc2occ(C)c2[nH]1.Cc1coc(C=O)c1. The third-order valence-corrected chi connectivity index (χ3v) is 3.47. The van der Waals surface area contributed by atoms with E-state index in [0.717, 1.165) is 16.6 Å². The van der Waals surface area contributed by atoms with E-state index in [4.69, 9.17) is 19.1 Å². The Kier molecular flexibility index (Phi) is 10.7. The Morgan fingerprint density at radius 1 is 1.16 bits per heavy atom. The number of nitrogens with zero attached hydrogens (tertiary/aromatic N) is 3. The van der Waals surface area contributed by atoms with Crippen LogP contribution in [0.5, 0.6) is 0 Å². The summed E-state index contributed by atoms with van der Waals surface area (Å²) in [6, 6.07) is 3.34. The normalized spacial score (nSPS) is 9.42. The minimum Gasteiger partial charge on any atom is -0.466 e. The topological polar surface area (TPSA) is 160 Å². The molecule has 3 heterocycles. The Morgan fingerprint density at radius 2 is 1.87 bits per heavy atom. The Morgan fingerprint density at radius 3 is 2.35 bits per heavy atom. The highest BCUT2D eigenvalue weighted by atomic mass is 16.5. The van der Waals surface area contributed by atoms with E-state index < -0.39 is 5.97 Å². The number of fused-ring (bicyclic) bond motifs is 1. The maximum atomic E-state index is 11.3. The van der Waals surface area contributed by atoms with E-state index in [-0.39, 0.29) is 12.5 Å². The molecule has 0 fully saturated rings. The second-order valence-corrected chi connectivity index (χ2v) is 5.90. The largest absolute Gasteiger partial charge is 0.466 e. The van der Waals surface area contributed by atoms with Crippen LogP contribution in [0.2, 0.25) is 0 Å². The fraction of sp³-hybridized carbons (Fsp3) is 0.350. The molecule has 166 valence electrons. The van der Waals surface area contributed by atoms with Crippen molar-refractivity contribution in [3.05, 3.63) is 57.7 Å². The van der Waals surface area contributed by atoms with Crippen LogP contribution in [0.4, 0.5) is 0 Å². The van der Waals surface area contributed by atoms with Crippen LogP contribution in [0.15, 0.2) is 38.6 Å². The summed E-state index contributed by atoms with van der Waals surface area (Å²) in [6.45, 7) is 7.72. The molecule has 11 heteroatoms. The van der Waals surface area contributed by atoms with Gasteiger partial charge in [0.2, 0.25) is 0 Å². The lowest BCUT2D eigenvalue weighted by atomic mass is 10.3. The van der Waals surface area contributed by atoms with Gasteiger partial charge in [0.25, 0.3) is 0 Å². The standard InChI is InChI=1S/C10H11NO3.C6H6O2.C4H7N3O2/c1-3-13-10(12)7-4-8-9(11-7)6(2)5-14-8;1-5-2-6(3-7)8-4-5;1-2-9-4(8)3-6-7-5/h4-5,11H,3H2,1-2H3;2-4H,1H3;2-3H2,1H3. The van der Waals surface area contributed by atoms with E-state index in [1.165, 1.54) is 0 Å². The molecule has 0 saturated carbocycles. The monoisotopic (exact) mass is 432 g/mol. The second-order valence-electron chi connectivity index (χ2n) is 5.90. The van der Waals surface area contributed by atoms with Gasteiger partial charge in [-0.25, -0.2) is 4.79 Å². The van der Waals surface area contributed by atoms with Gasteiger partial charge in [-0.05, 0) is 44.9 Å². The highest BCUT2D eigenvalue weighted by Crippen LogP contribution is 2.21. The summed E-state index contributed by atoms with van der Waals surface area (Å²) in [6.07, 6.45) is 3.88. The first-order chi connectivity index (χ1) is 14.9. The summed E-state index contributed by atoms with van der Waals surface area (Å²) < 4.78 is 19.3. The predicted octanol–water partition coefficient (Wildman–Crippen LogP) is 4.51. The molecule has 1 N–H and O–H groups in total. The van der Waals surface area contributed by atoms with E-state index >= 15 is 0 Å². The lowest BCUT2D eigenvalue weighted by molar-refractivity contribution is -0.141. The number of azide groups is 1. The smallest absolute Gasteiger partial charge is 0.354 e.